The molecule has 2 N–H and O–H groups in total. The molecule has 0 radical (unpaired) electrons. The number of halogens is 1. The highest BCUT2D eigenvalue weighted by Crippen LogP contribution is 2.28. The summed E-state index contributed by atoms with van der Waals surface area (Å²) < 4.78 is 26.9. The van der Waals surface area contributed by atoms with Crippen LogP contribution < -0.4 is 10.2 Å². The van der Waals surface area contributed by atoms with E-state index in [0.29, 0.717) is 17.9 Å². The van der Waals surface area contributed by atoms with E-state index in [1.165, 1.54) is 23.3 Å². The van der Waals surface area contributed by atoms with Gasteiger partial charge in [0, 0.05) is 12.4 Å². The number of carbonyl (C=O) groups is 1. The van der Waals surface area contributed by atoms with Crippen LogP contribution in [0.2, 0.25) is 0 Å². The summed E-state index contributed by atoms with van der Waals surface area (Å²) >= 11 is 4.52. The smallest absolute Gasteiger partial charge is 0.414 e. The summed E-state index contributed by atoms with van der Waals surface area (Å²) in [7, 11) is 0. The Morgan fingerprint density at radius 3 is 3.03 bits per heavy atom. The van der Waals surface area contributed by atoms with E-state index < -0.39 is 18.0 Å². The van der Waals surface area contributed by atoms with Crippen LogP contribution in [0.15, 0.2) is 47.3 Å². The summed E-state index contributed by atoms with van der Waals surface area (Å²) in [6.45, 7) is 0.760. The average Bonchev–Trinajstić information content (AvgIpc) is 3.42. The third kappa shape index (κ3) is 4.19. The fraction of sp³-hybridized carbons (Fsp3) is 0.222. The number of hydrogen-bond donors (Lipinski definition) is 2. The molecule has 9 nitrogen and oxygen atoms in total. The summed E-state index contributed by atoms with van der Waals surface area (Å²) in [6, 6.07) is 6.10. The molecule has 0 aliphatic carbocycles. The summed E-state index contributed by atoms with van der Waals surface area (Å²) in [4.78, 5) is 17.7. The van der Waals surface area contributed by atoms with Gasteiger partial charge in [0.15, 0.2) is 0 Å². The Morgan fingerprint density at radius 2 is 2.31 bits per heavy atom. The topological polar surface area (TPSA) is 106 Å². The zero-order chi connectivity index (χ0) is 20.4. The minimum atomic E-state index is -0.606. The molecule has 3 heterocycles. The minimum absolute atomic E-state index is 0.138. The van der Waals surface area contributed by atoms with Gasteiger partial charge in [0.1, 0.15) is 23.9 Å². The number of ether oxygens (including phenoxy) is 1. The van der Waals surface area contributed by atoms with Crippen LogP contribution in [0.1, 0.15) is 5.69 Å². The number of thiocarbonyl (C=S) groups is 1. The minimum Gasteiger partial charge on any atom is -0.487 e. The Balaban J connectivity index is 1.48. The zero-order valence-corrected chi connectivity index (χ0v) is 15.8. The molecule has 0 spiro atoms. The molecule has 0 bridgehead atoms. The SMILES string of the molecule is O=C1O[C@@H](CNC(O)=S)CN1c1ccc(-c2nc(Cn3cccn3)co2)c(F)c1. The third-order valence-electron chi connectivity index (χ3n) is 4.28. The number of carbonyl (C=O) groups excluding carboxylic acids is 1. The lowest BCUT2D eigenvalue weighted by Crippen LogP contribution is -2.33. The quantitative estimate of drug-likeness (QED) is 0.590. The summed E-state index contributed by atoms with van der Waals surface area (Å²) in [5.74, 6) is -0.445. The maximum atomic E-state index is 14.7. The molecule has 0 saturated carbocycles. The lowest BCUT2D eigenvalue weighted by molar-refractivity contribution is 0.142. The van der Waals surface area contributed by atoms with Crippen molar-refractivity contribution in [3.63, 3.8) is 0 Å². The fourth-order valence-corrected chi connectivity index (χ4v) is 3.03. The number of nitrogens with one attached hydrogen (secondary N) is 1. The van der Waals surface area contributed by atoms with Crippen LogP contribution in [-0.2, 0) is 11.3 Å². The number of benzene rings is 1. The Bertz CT molecular complexity index is 1040. The van der Waals surface area contributed by atoms with Crippen molar-refractivity contribution in [1.82, 2.24) is 20.1 Å². The third-order valence-corrected chi connectivity index (χ3v) is 4.43. The highest BCUT2D eigenvalue weighted by molar-refractivity contribution is 7.79. The molecule has 29 heavy (non-hydrogen) atoms. The first kappa shape index (κ1) is 18.9. The van der Waals surface area contributed by atoms with E-state index in [2.05, 4.69) is 27.6 Å². The summed E-state index contributed by atoms with van der Waals surface area (Å²) in [5, 5.41) is 15.2. The van der Waals surface area contributed by atoms with Gasteiger partial charge in [-0.05, 0) is 36.5 Å². The molecular weight excluding hydrogens is 401 g/mol. The number of aliphatic hydroxyl groups is 1. The molecule has 1 atom stereocenters. The van der Waals surface area contributed by atoms with Crippen molar-refractivity contribution >= 4 is 29.2 Å². The van der Waals surface area contributed by atoms with Gasteiger partial charge >= 0.3 is 6.09 Å². The molecule has 1 amide bonds. The van der Waals surface area contributed by atoms with Crippen LogP contribution in [0.5, 0.6) is 0 Å². The van der Waals surface area contributed by atoms with Gasteiger partial charge in [-0.25, -0.2) is 14.2 Å². The maximum absolute atomic E-state index is 14.7. The van der Waals surface area contributed by atoms with Crippen molar-refractivity contribution in [2.24, 2.45) is 0 Å². The van der Waals surface area contributed by atoms with Crippen molar-refractivity contribution in [3.05, 3.63) is 54.4 Å². The normalized spacial score (nSPS) is 16.1. The first-order valence-corrected chi connectivity index (χ1v) is 9.07. The maximum Gasteiger partial charge on any atom is 0.414 e. The number of amides is 1. The molecule has 2 aromatic heterocycles. The summed E-state index contributed by atoms with van der Waals surface area (Å²) in [5.41, 5.74) is 1.12. The van der Waals surface area contributed by atoms with E-state index in [9.17, 15) is 9.18 Å². The number of rotatable bonds is 6. The first-order valence-electron chi connectivity index (χ1n) is 8.66. The number of anilines is 1. The van der Waals surface area contributed by atoms with Gasteiger partial charge < -0.3 is 19.6 Å². The van der Waals surface area contributed by atoms with E-state index in [-0.39, 0.29) is 29.7 Å². The number of aliphatic hydroxyl groups excluding tert-OH is 1. The lowest BCUT2D eigenvalue weighted by atomic mass is 10.1. The van der Waals surface area contributed by atoms with Crippen molar-refractivity contribution in [2.75, 3.05) is 18.0 Å². The van der Waals surface area contributed by atoms with Crippen LogP contribution in [0.3, 0.4) is 0 Å². The highest BCUT2D eigenvalue weighted by atomic mass is 32.1. The van der Waals surface area contributed by atoms with Crippen LogP contribution in [0, 0.1) is 5.82 Å². The molecule has 4 rings (SSSR count). The van der Waals surface area contributed by atoms with Gasteiger partial charge in [-0.15, -0.1) is 0 Å². The molecule has 1 saturated heterocycles. The fourth-order valence-electron chi connectivity index (χ4n) is 2.95. The van der Waals surface area contributed by atoms with Crippen LogP contribution in [0.25, 0.3) is 11.5 Å². The molecule has 150 valence electrons. The Hall–Kier alpha value is -3.47. The Morgan fingerprint density at radius 1 is 1.45 bits per heavy atom. The van der Waals surface area contributed by atoms with Crippen LogP contribution in [-0.4, -0.2) is 50.3 Å². The van der Waals surface area contributed by atoms with Gasteiger partial charge in [0.2, 0.25) is 5.89 Å². The average molecular weight is 417 g/mol. The standard InChI is InChI=1S/C18H16FN5O4S/c19-15-6-12(24-9-13(28-18(24)26)7-20-17(25)29)2-3-14(15)16-22-11(10-27-16)8-23-5-1-4-21-23/h1-6,10,13H,7-9H2,(H2,20,25,29)/t13-/m0/s1. The molecule has 1 fully saturated rings. The molecule has 0 unspecified atom stereocenters. The Kier molecular flexibility index (Phi) is 5.12. The Labute approximate surface area is 169 Å². The van der Waals surface area contributed by atoms with Gasteiger partial charge in [-0.3, -0.25) is 9.58 Å². The van der Waals surface area contributed by atoms with Crippen molar-refractivity contribution in [2.45, 2.75) is 12.6 Å². The second-order valence-corrected chi connectivity index (χ2v) is 6.70. The lowest BCUT2D eigenvalue weighted by Gasteiger charge is -2.14. The van der Waals surface area contributed by atoms with E-state index in [1.807, 2.05) is 0 Å². The first-order chi connectivity index (χ1) is 14.0. The molecule has 1 aliphatic rings. The second-order valence-electron chi connectivity index (χ2n) is 6.31. The van der Waals surface area contributed by atoms with E-state index in [4.69, 9.17) is 14.3 Å². The van der Waals surface area contributed by atoms with Crippen LogP contribution in [0.4, 0.5) is 14.9 Å². The monoisotopic (exact) mass is 417 g/mol. The van der Waals surface area contributed by atoms with Gasteiger partial charge in [0.05, 0.1) is 30.9 Å². The second kappa shape index (κ2) is 7.87. The van der Waals surface area contributed by atoms with E-state index in [0.717, 1.165) is 0 Å². The van der Waals surface area contributed by atoms with E-state index in [1.54, 1.807) is 29.2 Å². The van der Waals surface area contributed by atoms with Crippen molar-refractivity contribution < 1.29 is 23.4 Å². The number of nitrogens with zero attached hydrogens (tertiary/aromatic N) is 4. The number of cyclic esters (lactones) is 1. The van der Waals surface area contributed by atoms with Gasteiger partial charge in [-0.1, -0.05) is 0 Å². The molecule has 3 aromatic rings. The molecular formula is C18H16FN5O4S. The van der Waals surface area contributed by atoms with E-state index >= 15 is 0 Å². The molecule has 11 heteroatoms. The largest absolute Gasteiger partial charge is 0.487 e. The van der Waals surface area contributed by atoms with Crippen molar-refractivity contribution in [3.8, 4) is 11.5 Å². The predicted octanol–water partition coefficient (Wildman–Crippen LogP) is 2.48. The number of oxazole rings is 1. The number of aromatic nitrogens is 3. The number of hydrogen-bond acceptors (Lipinski definition) is 6. The van der Waals surface area contributed by atoms with Gasteiger partial charge in [-0.2, -0.15) is 5.10 Å². The zero-order valence-electron chi connectivity index (χ0n) is 15.0. The summed E-state index contributed by atoms with van der Waals surface area (Å²) in [6.07, 6.45) is 3.76. The van der Waals surface area contributed by atoms with Crippen molar-refractivity contribution in [1.29, 1.82) is 0 Å². The van der Waals surface area contributed by atoms with Gasteiger partial charge in [0.25, 0.3) is 5.17 Å². The van der Waals surface area contributed by atoms with Crippen LogP contribution >= 0.6 is 12.2 Å². The molecule has 1 aromatic carbocycles. The predicted molar refractivity (Wildman–Crippen MR) is 104 cm³/mol. The highest BCUT2D eigenvalue weighted by Gasteiger charge is 2.32. The molecule has 1 aliphatic heterocycles.